The van der Waals surface area contributed by atoms with Gasteiger partial charge >= 0.3 is 0 Å². The van der Waals surface area contributed by atoms with E-state index in [2.05, 4.69) is 16.2 Å². The summed E-state index contributed by atoms with van der Waals surface area (Å²) in [5, 5.41) is 8.51. The Morgan fingerprint density at radius 2 is 2.54 bits per heavy atom. The largest absolute Gasteiger partial charge is 0.480 e. The first kappa shape index (κ1) is 10.0. The summed E-state index contributed by atoms with van der Waals surface area (Å²) in [5.41, 5.74) is 0. The molecule has 0 spiro atoms. The van der Waals surface area contributed by atoms with Crippen LogP contribution in [-0.4, -0.2) is 23.2 Å². The number of aliphatic hydroxyl groups is 1. The Morgan fingerprint density at radius 3 is 3.15 bits per heavy atom. The van der Waals surface area contributed by atoms with Crippen LogP contribution < -0.4 is 4.74 Å². The van der Waals surface area contributed by atoms with E-state index in [1.165, 1.54) is 11.5 Å². The standard InChI is InChI=1S/C9H11NO2S/c1-12-9-7-8(13-10-9)5-3-2-4-6-11/h7,11H,2,4,6H2,1H3. The summed E-state index contributed by atoms with van der Waals surface area (Å²) in [6.45, 7) is 0.195. The second kappa shape index (κ2) is 5.57. The SMILES string of the molecule is COc1cc(C#CCCCO)sn1. The molecule has 0 saturated carbocycles. The lowest BCUT2D eigenvalue weighted by molar-refractivity contribution is 0.290. The third kappa shape index (κ3) is 3.45. The van der Waals surface area contributed by atoms with E-state index in [1.54, 1.807) is 13.2 Å². The molecule has 0 bridgehead atoms. The van der Waals surface area contributed by atoms with E-state index in [9.17, 15) is 0 Å². The fourth-order valence-corrected chi connectivity index (χ4v) is 1.32. The van der Waals surface area contributed by atoms with Gasteiger partial charge in [-0.15, -0.1) is 0 Å². The van der Waals surface area contributed by atoms with E-state index in [0.717, 1.165) is 17.7 Å². The smallest absolute Gasteiger partial charge is 0.226 e. The minimum Gasteiger partial charge on any atom is -0.480 e. The fraction of sp³-hybridized carbons (Fsp3) is 0.444. The summed E-state index contributed by atoms with van der Waals surface area (Å²) < 4.78 is 8.91. The van der Waals surface area contributed by atoms with Crippen molar-refractivity contribution in [1.29, 1.82) is 0 Å². The molecule has 13 heavy (non-hydrogen) atoms. The van der Waals surface area contributed by atoms with Gasteiger partial charge in [0.15, 0.2) is 0 Å². The van der Waals surface area contributed by atoms with Crippen molar-refractivity contribution < 1.29 is 9.84 Å². The van der Waals surface area contributed by atoms with Crippen LogP contribution in [0.4, 0.5) is 0 Å². The molecular weight excluding hydrogens is 186 g/mol. The van der Waals surface area contributed by atoms with E-state index in [4.69, 9.17) is 9.84 Å². The van der Waals surface area contributed by atoms with Gasteiger partial charge in [0.25, 0.3) is 0 Å². The Labute approximate surface area is 81.5 Å². The van der Waals surface area contributed by atoms with Gasteiger partial charge in [0.2, 0.25) is 5.88 Å². The van der Waals surface area contributed by atoms with Crippen LogP contribution in [0.5, 0.6) is 5.88 Å². The Morgan fingerprint density at radius 1 is 1.69 bits per heavy atom. The molecule has 0 aliphatic carbocycles. The van der Waals surface area contributed by atoms with Gasteiger partial charge in [-0.2, -0.15) is 4.37 Å². The van der Waals surface area contributed by atoms with Gasteiger partial charge in [-0.3, -0.25) is 0 Å². The molecule has 0 atom stereocenters. The minimum absolute atomic E-state index is 0.195. The maximum Gasteiger partial charge on any atom is 0.226 e. The van der Waals surface area contributed by atoms with Crippen molar-refractivity contribution in [3.63, 3.8) is 0 Å². The Balaban J connectivity index is 2.46. The summed E-state index contributed by atoms with van der Waals surface area (Å²) in [4.78, 5) is 0.898. The maximum absolute atomic E-state index is 8.51. The zero-order valence-corrected chi connectivity index (χ0v) is 8.23. The van der Waals surface area contributed by atoms with Crippen LogP contribution in [0, 0.1) is 11.8 Å². The lowest BCUT2D eigenvalue weighted by Crippen LogP contribution is -1.79. The maximum atomic E-state index is 8.51. The van der Waals surface area contributed by atoms with Crippen molar-refractivity contribution >= 4 is 11.5 Å². The molecule has 1 N–H and O–H groups in total. The Bertz CT molecular complexity index is 311. The van der Waals surface area contributed by atoms with Crippen LogP contribution in [0.25, 0.3) is 0 Å². The van der Waals surface area contributed by atoms with E-state index < -0.39 is 0 Å². The minimum atomic E-state index is 0.195. The molecular formula is C9H11NO2S. The van der Waals surface area contributed by atoms with Gasteiger partial charge in [0.05, 0.1) is 7.11 Å². The van der Waals surface area contributed by atoms with E-state index >= 15 is 0 Å². The number of hydrogen-bond acceptors (Lipinski definition) is 4. The lowest BCUT2D eigenvalue weighted by Gasteiger charge is -1.85. The van der Waals surface area contributed by atoms with E-state index in [-0.39, 0.29) is 6.61 Å². The summed E-state index contributed by atoms with van der Waals surface area (Å²) in [6.07, 6.45) is 1.44. The summed E-state index contributed by atoms with van der Waals surface area (Å²) in [6, 6.07) is 1.80. The highest BCUT2D eigenvalue weighted by Crippen LogP contribution is 2.14. The van der Waals surface area contributed by atoms with E-state index in [0.29, 0.717) is 5.88 Å². The number of nitrogens with zero attached hydrogens (tertiary/aromatic N) is 1. The highest BCUT2D eigenvalue weighted by Gasteiger charge is 1.96. The number of aliphatic hydroxyl groups excluding tert-OH is 1. The second-order valence-corrected chi connectivity index (χ2v) is 3.17. The van der Waals surface area contributed by atoms with Crippen LogP contribution >= 0.6 is 11.5 Å². The van der Waals surface area contributed by atoms with Gasteiger partial charge in [-0.25, -0.2) is 0 Å². The van der Waals surface area contributed by atoms with Gasteiger partial charge < -0.3 is 9.84 Å². The molecule has 1 rings (SSSR count). The van der Waals surface area contributed by atoms with Gasteiger partial charge in [0, 0.05) is 19.1 Å². The first-order valence-corrected chi connectivity index (χ1v) is 4.74. The highest BCUT2D eigenvalue weighted by atomic mass is 32.1. The molecule has 1 aromatic rings. The summed E-state index contributed by atoms with van der Waals surface area (Å²) in [5.74, 6) is 6.50. The third-order valence-corrected chi connectivity index (χ3v) is 2.06. The molecule has 1 aromatic heterocycles. The van der Waals surface area contributed by atoms with Crippen LogP contribution in [0.3, 0.4) is 0 Å². The van der Waals surface area contributed by atoms with Gasteiger partial charge in [0.1, 0.15) is 4.88 Å². The van der Waals surface area contributed by atoms with E-state index in [1.807, 2.05) is 0 Å². The van der Waals surface area contributed by atoms with Crippen LogP contribution in [0.2, 0.25) is 0 Å². The van der Waals surface area contributed by atoms with Gasteiger partial charge in [-0.05, 0) is 18.0 Å². The number of hydrogen-bond donors (Lipinski definition) is 1. The quantitative estimate of drug-likeness (QED) is 0.586. The summed E-state index contributed by atoms with van der Waals surface area (Å²) in [7, 11) is 1.58. The number of rotatable bonds is 3. The number of methoxy groups -OCH3 is 1. The average molecular weight is 197 g/mol. The number of unbranched alkanes of at least 4 members (excludes halogenated alkanes) is 1. The van der Waals surface area contributed by atoms with Crippen LogP contribution in [0.15, 0.2) is 6.07 Å². The molecule has 70 valence electrons. The first-order valence-electron chi connectivity index (χ1n) is 3.97. The molecule has 0 radical (unpaired) electrons. The molecule has 0 aromatic carbocycles. The Hall–Kier alpha value is -1.05. The zero-order valence-electron chi connectivity index (χ0n) is 7.41. The lowest BCUT2D eigenvalue weighted by atomic mass is 10.3. The molecule has 1 heterocycles. The molecule has 4 heteroatoms. The zero-order chi connectivity index (χ0) is 9.52. The van der Waals surface area contributed by atoms with Crippen LogP contribution in [0.1, 0.15) is 17.7 Å². The number of ether oxygens (including phenoxy) is 1. The van der Waals surface area contributed by atoms with Crippen molar-refractivity contribution in [1.82, 2.24) is 4.37 Å². The second-order valence-electron chi connectivity index (χ2n) is 2.36. The third-order valence-electron chi connectivity index (χ3n) is 1.37. The van der Waals surface area contributed by atoms with Crippen molar-refractivity contribution in [2.45, 2.75) is 12.8 Å². The average Bonchev–Trinajstić information content (AvgIpc) is 2.60. The van der Waals surface area contributed by atoms with Crippen molar-refractivity contribution in [3.8, 4) is 17.7 Å². The van der Waals surface area contributed by atoms with Crippen LogP contribution in [-0.2, 0) is 0 Å². The van der Waals surface area contributed by atoms with Crippen molar-refractivity contribution in [2.24, 2.45) is 0 Å². The predicted octanol–water partition coefficient (Wildman–Crippen LogP) is 1.28. The number of aromatic nitrogens is 1. The summed E-state index contributed by atoms with van der Waals surface area (Å²) >= 11 is 1.32. The molecule has 0 saturated heterocycles. The topological polar surface area (TPSA) is 42.4 Å². The molecule has 0 amide bonds. The molecule has 3 nitrogen and oxygen atoms in total. The monoisotopic (exact) mass is 197 g/mol. The Kier molecular flexibility index (Phi) is 4.30. The first-order chi connectivity index (χ1) is 6.36. The normalized spacial score (nSPS) is 9.08. The molecule has 0 fully saturated rings. The molecule has 0 aliphatic rings. The van der Waals surface area contributed by atoms with Gasteiger partial charge in [-0.1, -0.05) is 11.8 Å². The predicted molar refractivity (Wildman–Crippen MR) is 51.9 cm³/mol. The highest BCUT2D eigenvalue weighted by molar-refractivity contribution is 7.06. The molecule has 0 unspecified atom stereocenters. The fourth-order valence-electron chi connectivity index (χ4n) is 0.731. The van der Waals surface area contributed by atoms with Crippen molar-refractivity contribution in [2.75, 3.05) is 13.7 Å². The molecule has 0 aliphatic heterocycles. The van der Waals surface area contributed by atoms with Crippen molar-refractivity contribution in [3.05, 3.63) is 10.9 Å².